The Morgan fingerprint density at radius 1 is 1.00 bits per heavy atom. The van der Waals surface area contributed by atoms with Gasteiger partial charge in [-0.1, -0.05) is 18.2 Å². The second-order valence-corrected chi connectivity index (χ2v) is 7.78. The maximum atomic E-state index is 13.2. The lowest BCUT2D eigenvalue weighted by molar-refractivity contribution is -0.383. The standard InChI is InChI=1S/C22H22N4O5/c1-24-18(10-13-6-8-15(27)9-7-13)21(28)25(2)19(22(24)29)11-14-12-23-16-4-3-5-17(20(14)16)26(30)31/h3-9,12,18-19,23,27H,10-11H2,1-2H3/t18-,19-/m0/s1. The minimum absolute atomic E-state index is 0.0375. The molecular formula is C22H22N4O5. The molecule has 9 nitrogen and oxygen atoms in total. The van der Waals surface area contributed by atoms with Crippen LogP contribution in [0.5, 0.6) is 5.75 Å². The summed E-state index contributed by atoms with van der Waals surface area (Å²) in [5.74, 6) is -0.290. The van der Waals surface area contributed by atoms with E-state index in [0.29, 0.717) is 22.9 Å². The molecule has 3 aromatic rings. The van der Waals surface area contributed by atoms with Gasteiger partial charge in [-0.3, -0.25) is 19.7 Å². The summed E-state index contributed by atoms with van der Waals surface area (Å²) in [6, 6.07) is 9.88. The number of phenols is 1. The van der Waals surface area contributed by atoms with Crippen molar-refractivity contribution in [2.45, 2.75) is 24.9 Å². The quantitative estimate of drug-likeness (QED) is 0.483. The number of carbonyl (C=O) groups excluding carboxylic acids is 2. The average Bonchev–Trinajstić information content (AvgIpc) is 3.17. The molecule has 0 spiro atoms. The van der Waals surface area contributed by atoms with Crippen LogP contribution in [0.3, 0.4) is 0 Å². The van der Waals surface area contributed by atoms with Crippen molar-refractivity contribution in [2.75, 3.05) is 14.1 Å². The van der Waals surface area contributed by atoms with Gasteiger partial charge in [-0.05, 0) is 29.3 Å². The van der Waals surface area contributed by atoms with E-state index in [1.807, 2.05) is 0 Å². The zero-order chi connectivity index (χ0) is 22.3. The van der Waals surface area contributed by atoms with Crippen molar-refractivity contribution >= 4 is 28.4 Å². The maximum absolute atomic E-state index is 13.2. The first-order valence-corrected chi connectivity index (χ1v) is 9.82. The van der Waals surface area contributed by atoms with Crippen LogP contribution in [0.25, 0.3) is 10.9 Å². The number of aromatic nitrogens is 1. The van der Waals surface area contributed by atoms with Crippen LogP contribution in [-0.2, 0) is 22.4 Å². The Morgan fingerprint density at radius 2 is 1.61 bits per heavy atom. The van der Waals surface area contributed by atoms with Gasteiger partial charge in [-0.25, -0.2) is 0 Å². The van der Waals surface area contributed by atoms with Gasteiger partial charge in [0.15, 0.2) is 0 Å². The van der Waals surface area contributed by atoms with Crippen LogP contribution in [0.15, 0.2) is 48.7 Å². The van der Waals surface area contributed by atoms with Crippen LogP contribution in [0.1, 0.15) is 11.1 Å². The SMILES string of the molecule is CN1C(=O)[C@H](Cc2c[nH]c3cccc([N+](=O)[O-])c23)N(C)C(=O)[C@@H]1Cc1ccc(O)cc1. The average molecular weight is 422 g/mol. The van der Waals surface area contributed by atoms with Crippen LogP contribution in [0, 0.1) is 10.1 Å². The van der Waals surface area contributed by atoms with Crippen molar-refractivity contribution in [1.29, 1.82) is 0 Å². The van der Waals surface area contributed by atoms with E-state index in [1.54, 1.807) is 56.7 Å². The number of nitro groups is 1. The van der Waals surface area contributed by atoms with Crippen LogP contribution in [0.2, 0.25) is 0 Å². The number of hydrogen-bond donors (Lipinski definition) is 2. The highest BCUT2D eigenvalue weighted by atomic mass is 16.6. The lowest BCUT2D eigenvalue weighted by Crippen LogP contribution is -2.63. The van der Waals surface area contributed by atoms with E-state index < -0.39 is 17.0 Å². The molecule has 160 valence electrons. The van der Waals surface area contributed by atoms with E-state index in [9.17, 15) is 24.8 Å². The molecule has 9 heteroatoms. The van der Waals surface area contributed by atoms with Gasteiger partial charge in [0.25, 0.3) is 5.69 Å². The molecule has 2 N–H and O–H groups in total. The molecule has 2 amide bonds. The highest BCUT2D eigenvalue weighted by molar-refractivity contribution is 5.98. The molecule has 0 aliphatic carbocycles. The van der Waals surface area contributed by atoms with E-state index in [2.05, 4.69) is 4.98 Å². The molecule has 4 rings (SSSR count). The number of rotatable bonds is 5. The summed E-state index contributed by atoms with van der Waals surface area (Å²) in [5, 5.41) is 21.4. The van der Waals surface area contributed by atoms with Crippen LogP contribution in [0.4, 0.5) is 5.69 Å². The number of amides is 2. The first kappa shape index (κ1) is 20.4. The Balaban J connectivity index is 1.61. The number of benzene rings is 2. The number of likely N-dealkylation sites (N-methyl/N-ethyl adjacent to an activating group) is 2. The van der Waals surface area contributed by atoms with Gasteiger partial charge in [-0.15, -0.1) is 0 Å². The number of H-pyrrole nitrogens is 1. The molecule has 2 atom stereocenters. The molecule has 1 aromatic heterocycles. The number of hydrogen-bond acceptors (Lipinski definition) is 5. The predicted molar refractivity (Wildman–Crippen MR) is 114 cm³/mol. The predicted octanol–water partition coefficient (Wildman–Crippen LogP) is 2.23. The Bertz CT molecular complexity index is 1170. The third kappa shape index (κ3) is 3.58. The van der Waals surface area contributed by atoms with E-state index in [4.69, 9.17) is 0 Å². The summed E-state index contributed by atoms with van der Waals surface area (Å²) in [6.07, 6.45) is 2.16. The van der Waals surface area contributed by atoms with Gasteiger partial charge in [0, 0.05) is 39.2 Å². The Labute approximate surface area is 178 Å². The molecule has 2 heterocycles. The molecule has 1 fully saturated rings. The van der Waals surface area contributed by atoms with Crippen LogP contribution >= 0.6 is 0 Å². The maximum Gasteiger partial charge on any atom is 0.279 e. The second-order valence-electron chi connectivity index (χ2n) is 7.78. The molecule has 0 saturated carbocycles. The first-order valence-electron chi connectivity index (χ1n) is 9.82. The zero-order valence-electron chi connectivity index (χ0n) is 17.1. The summed E-state index contributed by atoms with van der Waals surface area (Å²) in [6.45, 7) is 0. The number of nitro benzene ring substituents is 1. The molecule has 31 heavy (non-hydrogen) atoms. The molecule has 0 unspecified atom stereocenters. The minimum Gasteiger partial charge on any atom is -0.508 e. The normalized spacial score (nSPS) is 19.3. The van der Waals surface area contributed by atoms with Gasteiger partial charge in [0.05, 0.1) is 15.8 Å². The fraction of sp³-hybridized carbons (Fsp3) is 0.273. The molecule has 1 saturated heterocycles. The number of nitrogens with zero attached hydrogens (tertiary/aromatic N) is 3. The number of aromatic hydroxyl groups is 1. The van der Waals surface area contributed by atoms with Crippen LogP contribution in [-0.4, -0.2) is 62.8 Å². The third-order valence-corrected chi connectivity index (χ3v) is 5.94. The van der Waals surface area contributed by atoms with Gasteiger partial charge in [0.2, 0.25) is 11.8 Å². The topological polar surface area (TPSA) is 120 Å². The summed E-state index contributed by atoms with van der Waals surface area (Å²) in [7, 11) is 3.19. The molecule has 2 aromatic carbocycles. The molecule has 1 aliphatic heterocycles. The lowest BCUT2D eigenvalue weighted by Gasteiger charge is -2.42. The van der Waals surface area contributed by atoms with E-state index in [0.717, 1.165) is 5.56 Å². The third-order valence-electron chi connectivity index (χ3n) is 5.94. The Kier molecular flexibility index (Phi) is 5.10. The largest absolute Gasteiger partial charge is 0.508 e. The summed E-state index contributed by atoms with van der Waals surface area (Å²) < 4.78 is 0. The number of phenolic OH excluding ortho intramolecular Hbond substituents is 1. The van der Waals surface area contributed by atoms with Gasteiger partial charge < -0.3 is 19.9 Å². The van der Waals surface area contributed by atoms with Gasteiger partial charge >= 0.3 is 0 Å². The number of piperazine rings is 1. The number of aromatic amines is 1. The molecular weight excluding hydrogens is 400 g/mol. The highest BCUT2D eigenvalue weighted by Crippen LogP contribution is 2.31. The van der Waals surface area contributed by atoms with Crippen molar-refractivity contribution in [2.24, 2.45) is 0 Å². The highest BCUT2D eigenvalue weighted by Gasteiger charge is 2.42. The minimum atomic E-state index is -0.757. The Morgan fingerprint density at radius 3 is 2.23 bits per heavy atom. The van der Waals surface area contributed by atoms with Crippen molar-refractivity contribution in [1.82, 2.24) is 14.8 Å². The van der Waals surface area contributed by atoms with Crippen molar-refractivity contribution in [3.8, 4) is 5.75 Å². The lowest BCUT2D eigenvalue weighted by atomic mass is 9.95. The van der Waals surface area contributed by atoms with Gasteiger partial charge in [0.1, 0.15) is 17.8 Å². The molecule has 0 radical (unpaired) electrons. The zero-order valence-corrected chi connectivity index (χ0v) is 17.1. The fourth-order valence-electron chi connectivity index (χ4n) is 4.17. The smallest absolute Gasteiger partial charge is 0.279 e. The number of carbonyl (C=O) groups is 2. The summed E-state index contributed by atoms with van der Waals surface area (Å²) >= 11 is 0. The monoisotopic (exact) mass is 422 g/mol. The van der Waals surface area contributed by atoms with E-state index >= 15 is 0 Å². The van der Waals surface area contributed by atoms with Crippen LogP contribution < -0.4 is 0 Å². The summed E-state index contributed by atoms with van der Waals surface area (Å²) in [5.41, 5.74) is 2.02. The van der Waals surface area contributed by atoms with Crippen molar-refractivity contribution in [3.63, 3.8) is 0 Å². The van der Waals surface area contributed by atoms with Crippen molar-refractivity contribution < 1.29 is 19.6 Å². The van der Waals surface area contributed by atoms with E-state index in [-0.39, 0.29) is 29.7 Å². The number of non-ortho nitro benzene ring substituents is 1. The van der Waals surface area contributed by atoms with E-state index in [1.165, 1.54) is 15.9 Å². The van der Waals surface area contributed by atoms with Gasteiger partial charge in [-0.2, -0.15) is 0 Å². The van der Waals surface area contributed by atoms with Crippen molar-refractivity contribution in [3.05, 3.63) is 69.9 Å². The number of fused-ring (bicyclic) bond motifs is 1. The molecule has 0 bridgehead atoms. The number of nitrogens with one attached hydrogen (secondary N) is 1. The molecule has 1 aliphatic rings. The Hall–Kier alpha value is -3.88. The fourth-order valence-corrected chi connectivity index (χ4v) is 4.17. The first-order chi connectivity index (χ1) is 14.8. The second kappa shape index (κ2) is 7.75. The summed E-state index contributed by atoms with van der Waals surface area (Å²) in [4.78, 5) is 43.2.